The third kappa shape index (κ3) is 2.44. The number of rotatable bonds is 0. The molecule has 1 aromatic heterocycles. The molecule has 1 heteroatoms. The molecule has 15 heavy (non-hydrogen) atoms. The lowest BCUT2D eigenvalue weighted by molar-refractivity contribution is 0.599. The Balaban J connectivity index is 3.38. The number of hydrogen-bond donors (Lipinski definition) is 0. The molecule has 0 aromatic carbocycles. The monoisotopic (exact) mass is 224 g/mol. The van der Waals surface area contributed by atoms with Crippen LogP contribution in [0.5, 0.6) is 0 Å². The Morgan fingerprint density at radius 1 is 0.667 bits per heavy atom. The summed E-state index contributed by atoms with van der Waals surface area (Å²) in [5.41, 5.74) is 3.56. The fraction of sp³-hybridized carbons (Fsp3) is 0.714. The fourth-order valence-electron chi connectivity index (χ4n) is 2.03. The van der Waals surface area contributed by atoms with E-state index in [2.05, 4.69) is 55.4 Å². The molecule has 0 aliphatic carbocycles. The lowest BCUT2D eigenvalue weighted by Crippen LogP contribution is -2.10. The largest absolute Gasteiger partial charge is 0.144 e. The van der Waals surface area contributed by atoms with Crippen molar-refractivity contribution in [2.75, 3.05) is 0 Å². The Bertz CT molecular complexity index is 321. The zero-order valence-electron chi connectivity index (χ0n) is 11.4. The lowest BCUT2D eigenvalue weighted by atomic mass is 9.87. The lowest BCUT2D eigenvalue weighted by Gasteiger charge is -2.19. The third-order valence-corrected chi connectivity index (χ3v) is 5.06. The van der Waals surface area contributed by atoms with Crippen molar-refractivity contribution in [2.45, 2.75) is 66.2 Å². The van der Waals surface area contributed by atoms with Crippen molar-refractivity contribution in [1.82, 2.24) is 0 Å². The van der Waals surface area contributed by atoms with E-state index in [1.165, 1.54) is 11.1 Å². The second-order valence-electron chi connectivity index (χ2n) is 6.51. The van der Waals surface area contributed by atoms with Crippen LogP contribution in [0.15, 0.2) is 0 Å². The second kappa shape index (κ2) is 3.62. The maximum Gasteiger partial charge on any atom is 0.0134 e. The summed E-state index contributed by atoms with van der Waals surface area (Å²) in [7, 11) is 0. The van der Waals surface area contributed by atoms with Crippen LogP contribution in [-0.4, -0.2) is 0 Å². The minimum atomic E-state index is 0.281. The smallest absolute Gasteiger partial charge is 0.0134 e. The quantitative estimate of drug-likeness (QED) is 0.584. The highest BCUT2D eigenvalue weighted by atomic mass is 32.1. The normalized spacial score (nSPS) is 13.3. The van der Waals surface area contributed by atoms with Crippen LogP contribution in [0.4, 0.5) is 0 Å². The minimum Gasteiger partial charge on any atom is -0.144 e. The van der Waals surface area contributed by atoms with Crippen LogP contribution in [0.3, 0.4) is 0 Å². The zero-order chi connectivity index (χ0) is 12.0. The van der Waals surface area contributed by atoms with Gasteiger partial charge in [-0.2, -0.15) is 0 Å². The van der Waals surface area contributed by atoms with Crippen LogP contribution in [-0.2, 0) is 10.8 Å². The molecular formula is C14H24S. The maximum atomic E-state index is 2.30. The molecule has 0 spiro atoms. The standard InChI is InChI=1S/C14H24S/c1-9-10(2)12(14(6,7)8)15-11(9)13(3,4)5/h1-8H3. The summed E-state index contributed by atoms with van der Waals surface area (Å²) < 4.78 is 0. The predicted molar refractivity (Wildman–Crippen MR) is 71.2 cm³/mol. The molecule has 0 saturated heterocycles. The average Bonchev–Trinajstić information content (AvgIpc) is 2.26. The molecule has 0 nitrogen and oxygen atoms in total. The van der Waals surface area contributed by atoms with Gasteiger partial charge >= 0.3 is 0 Å². The Morgan fingerprint density at radius 3 is 1.07 bits per heavy atom. The van der Waals surface area contributed by atoms with Gasteiger partial charge < -0.3 is 0 Å². The first kappa shape index (κ1) is 12.8. The summed E-state index contributed by atoms with van der Waals surface area (Å²) in [6.45, 7) is 18.4. The molecule has 0 bridgehead atoms. The van der Waals surface area contributed by atoms with Crippen molar-refractivity contribution in [1.29, 1.82) is 0 Å². The molecule has 1 heterocycles. The molecule has 1 rings (SSSR count). The van der Waals surface area contributed by atoms with Crippen molar-refractivity contribution in [3.8, 4) is 0 Å². The van der Waals surface area contributed by atoms with Gasteiger partial charge in [-0.25, -0.2) is 0 Å². The van der Waals surface area contributed by atoms with E-state index in [4.69, 9.17) is 0 Å². The fourth-order valence-corrected chi connectivity index (χ4v) is 3.46. The minimum absolute atomic E-state index is 0.281. The highest BCUT2D eigenvalue weighted by Gasteiger charge is 2.26. The van der Waals surface area contributed by atoms with Crippen molar-refractivity contribution in [3.63, 3.8) is 0 Å². The molecule has 0 amide bonds. The van der Waals surface area contributed by atoms with Crippen LogP contribution >= 0.6 is 11.3 Å². The first-order chi connectivity index (χ1) is 6.55. The Kier molecular flexibility index (Phi) is 3.08. The first-order valence-corrected chi connectivity index (χ1v) is 6.47. The Labute approximate surface area is 98.7 Å². The van der Waals surface area contributed by atoms with E-state index in [1.807, 2.05) is 11.3 Å². The summed E-state index contributed by atoms with van der Waals surface area (Å²) >= 11 is 2.00. The van der Waals surface area contributed by atoms with Gasteiger partial charge in [0.05, 0.1) is 0 Å². The number of thiophene rings is 1. The van der Waals surface area contributed by atoms with E-state index in [0.717, 1.165) is 0 Å². The molecule has 0 fully saturated rings. The van der Waals surface area contributed by atoms with Gasteiger partial charge in [0, 0.05) is 9.75 Å². The Morgan fingerprint density at radius 2 is 0.933 bits per heavy atom. The summed E-state index contributed by atoms with van der Waals surface area (Å²) in [5.74, 6) is 0. The molecule has 0 saturated carbocycles. The van der Waals surface area contributed by atoms with Crippen LogP contribution < -0.4 is 0 Å². The molecule has 86 valence electrons. The van der Waals surface area contributed by atoms with E-state index in [0.29, 0.717) is 0 Å². The van der Waals surface area contributed by atoms with Gasteiger partial charge in [-0.1, -0.05) is 41.5 Å². The number of hydrogen-bond acceptors (Lipinski definition) is 1. The van der Waals surface area contributed by atoms with Gasteiger partial charge in [0.2, 0.25) is 0 Å². The second-order valence-corrected chi connectivity index (χ2v) is 7.53. The van der Waals surface area contributed by atoms with Crippen LogP contribution in [0.25, 0.3) is 0 Å². The highest BCUT2D eigenvalue weighted by molar-refractivity contribution is 7.12. The van der Waals surface area contributed by atoms with Crippen molar-refractivity contribution in [3.05, 3.63) is 20.9 Å². The van der Waals surface area contributed by atoms with E-state index in [1.54, 1.807) is 9.75 Å². The predicted octanol–water partition coefficient (Wildman–Crippen LogP) is 4.96. The zero-order valence-corrected chi connectivity index (χ0v) is 12.2. The van der Waals surface area contributed by atoms with Crippen molar-refractivity contribution >= 4 is 11.3 Å². The highest BCUT2D eigenvalue weighted by Crippen LogP contribution is 2.41. The van der Waals surface area contributed by atoms with Crippen LogP contribution in [0.2, 0.25) is 0 Å². The molecular weight excluding hydrogens is 200 g/mol. The summed E-state index contributed by atoms with van der Waals surface area (Å²) in [5, 5.41) is 0. The Hall–Kier alpha value is -0.300. The molecule has 0 atom stereocenters. The summed E-state index contributed by atoms with van der Waals surface area (Å²) in [6, 6.07) is 0. The van der Waals surface area contributed by atoms with Gasteiger partial charge in [-0.3, -0.25) is 0 Å². The average molecular weight is 224 g/mol. The first-order valence-electron chi connectivity index (χ1n) is 5.66. The molecule has 0 N–H and O–H groups in total. The SMILES string of the molecule is Cc1c(C(C)(C)C)sc(C(C)(C)C)c1C. The van der Waals surface area contributed by atoms with Gasteiger partial charge in [0.1, 0.15) is 0 Å². The van der Waals surface area contributed by atoms with Crippen LogP contribution in [0.1, 0.15) is 62.4 Å². The van der Waals surface area contributed by atoms with Crippen molar-refractivity contribution in [2.24, 2.45) is 0 Å². The van der Waals surface area contributed by atoms with Gasteiger partial charge in [0.15, 0.2) is 0 Å². The third-order valence-electron chi connectivity index (χ3n) is 2.81. The van der Waals surface area contributed by atoms with Gasteiger partial charge in [0.25, 0.3) is 0 Å². The summed E-state index contributed by atoms with van der Waals surface area (Å²) in [6.07, 6.45) is 0. The molecule has 1 aromatic rings. The van der Waals surface area contributed by atoms with Crippen molar-refractivity contribution < 1.29 is 0 Å². The van der Waals surface area contributed by atoms with E-state index in [-0.39, 0.29) is 10.8 Å². The topological polar surface area (TPSA) is 0 Å². The van der Waals surface area contributed by atoms with Gasteiger partial charge in [-0.15, -0.1) is 11.3 Å². The summed E-state index contributed by atoms with van der Waals surface area (Å²) in [4.78, 5) is 3.09. The van der Waals surface area contributed by atoms with E-state index in [9.17, 15) is 0 Å². The molecule has 0 aliphatic heterocycles. The molecule has 0 radical (unpaired) electrons. The van der Waals surface area contributed by atoms with Gasteiger partial charge in [-0.05, 0) is 35.8 Å². The maximum absolute atomic E-state index is 2.30. The van der Waals surface area contributed by atoms with E-state index < -0.39 is 0 Å². The molecule has 0 unspecified atom stereocenters. The van der Waals surface area contributed by atoms with Crippen LogP contribution in [0, 0.1) is 13.8 Å². The van der Waals surface area contributed by atoms with E-state index >= 15 is 0 Å². The molecule has 0 aliphatic rings.